The van der Waals surface area contributed by atoms with Crippen molar-refractivity contribution >= 4 is 11.7 Å². The first-order valence-corrected chi connectivity index (χ1v) is 9.09. The van der Waals surface area contributed by atoms with Gasteiger partial charge in [0, 0.05) is 6.54 Å². The second kappa shape index (κ2) is 9.50. The quantitative estimate of drug-likeness (QED) is 0.554. The van der Waals surface area contributed by atoms with Crippen LogP contribution in [0.5, 0.6) is 17.2 Å². The monoisotopic (exact) mass is 393 g/mol. The Hall–Kier alpha value is -3.67. The van der Waals surface area contributed by atoms with Crippen molar-refractivity contribution in [3.05, 3.63) is 83.4 Å². The summed E-state index contributed by atoms with van der Waals surface area (Å²) >= 11 is 0. The number of carboxylic acid groups (broad SMARTS) is 1. The van der Waals surface area contributed by atoms with E-state index < -0.39 is 5.97 Å². The molecule has 0 aliphatic heterocycles. The Kier molecular flexibility index (Phi) is 6.58. The van der Waals surface area contributed by atoms with Gasteiger partial charge in [-0.25, -0.2) is 4.79 Å². The minimum Gasteiger partial charge on any atom is -0.495 e. The van der Waals surface area contributed by atoms with E-state index >= 15 is 0 Å². The van der Waals surface area contributed by atoms with Crippen LogP contribution in [0.1, 0.15) is 21.5 Å². The fraction of sp³-hybridized carbons (Fsp3) is 0.174. The Morgan fingerprint density at radius 3 is 2.28 bits per heavy atom. The molecule has 0 heterocycles. The Bertz CT molecular complexity index is 972. The molecule has 0 aromatic heterocycles. The van der Waals surface area contributed by atoms with Gasteiger partial charge in [-0.1, -0.05) is 36.4 Å². The first-order chi connectivity index (χ1) is 14.1. The van der Waals surface area contributed by atoms with E-state index in [2.05, 4.69) is 5.32 Å². The summed E-state index contributed by atoms with van der Waals surface area (Å²) < 4.78 is 16.7. The average molecular weight is 393 g/mol. The zero-order valence-corrected chi connectivity index (χ0v) is 16.3. The van der Waals surface area contributed by atoms with E-state index in [4.69, 9.17) is 14.2 Å². The molecule has 0 bridgehead atoms. The molecule has 6 nitrogen and oxygen atoms in total. The lowest BCUT2D eigenvalue weighted by Crippen LogP contribution is -2.05. The van der Waals surface area contributed by atoms with E-state index in [-0.39, 0.29) is 5.56 Å². The first-order valence-electron chi connectivity index (χ1n) is 9.09. The maximum absolute atomic E-state index is 11.2. The number of benzene rings is 3. The predicted octanol–water partition coefficient (Wildman–Crippen LogP) is 4.59. The topological polar surface area (TPSA) is 77.0 Å². The van der Waals surface area contributed by atoms with E-state index in [1.54, 1.807) is 26.4 Å². The van der Waals surface area contributed by atoms with Gasteiger partial charge in [0.15, 0.2) is 11.5 Å². The molecule has 3 rings (SSSR count). The average Bonchev–Trinajstić information content (AvgIpc) is 2.76. The molecule has 0 aliphatic rings. The van der Waals surface area contributed by atoms with Gasteiger partial charge in [-0.15, -0.1) is 0 Å². The number of anilines is 1. The van der Waals surface area contributed by atoms with Crippen LogP contribution in [0.2, 0.25) is 0 Å². The number of hydrogen-bond acceptors (Lipinski definition) is 5. The molecule has 3 aromatic carbocycles. The molecule has 3 aromatic rings. The van der Waals surface area contributed by atoms with E-state index in [0.29, 0.717) is 36.1 Å². The number of carboxylic acids is 1. The number of hydrogen-bond donors (Lipinski definition) is 2. The van der Waals surface area contributed by atoms with Crippen molar-refractivity contribution in [2.45, 2.75) is 13.2 Å². The van der Waals surface area contributed by atoms with E-state index in [1.165, 1.54) is 6.07 Å². The maximum Gasteiger partial charge on any atom is 0.335 e. The molecule has 2 N–H and O–H groups in total. The number of rotatable bonds is 9. The molecular formula is C23H23NO5. The SMILES string of the molecule is COc1ccc(C(=O)O)cc1NCc1ccc(OCc2ccccc2)c(OC)c1. The van der Waals surface area contributed by atoms with E-state index in [1.807, 2.05) is 48.5 Å². The molecule has 0 fully saturated rings. The van der Waals surface area contributed by atoms with Gasteiger partial charge in [0.1, 0.15) is 12.4 Å². The number of aromatic carboxylic acids is 1. The van der Waals surface area contributed by atoms with Crippen molar-refractivity contribution in [3.8, 4) is 17.2 Å². The summed E-state index contributed by atoms with van der Waals surface area (Å²) in [5, 5.41) is 12.4. The highest BCUT2D eigenvalue weighted by atomic mass is 16.5. The van der Waals surface area contributed by atoms with E-state index in [0.717, 1.165) is 11.1 Å². The zero-order chi connectivity index (χ0) is 20.6. The predicted molar refractivity (Wildman–Crippen MR) is 111 cm³/mol. The highest BCUT2D eigenvalue weighted by molar-refractivity contribution is 5.89. The highest BCUT2D eigenvalue weighted by Crippen LogP contribution is 2.30. The molecule has 150 valence electrons. The molecule has 0 saturated heterocycles. The molecular weight excluding hydrogens is 370 g/mol. The molecule has 6 heteroatoms. The molecule has 0 spiro atoms. The van der Waals surface area contributed by atoms with Crippen molar-refractivity contribution in [2.75, 3.05) is 19.5 Å². The van der Waals surface area contributed by atoms with Crippen LogP contribution in [-0.2, 0) is 13.2 Å². The number of methoxy groups -OCH3 is 2. The van der Waals surface area contributed by atoms with Gasteiger partial charge >= 0.3 is 5.97 Å². The van der Waals surface area contributed by atoms with Crippen LogP contribution in [0, 0.1) is 0 Å². The zero-order valence-electron chi connectivity index (χ0n) is 16.3. The normalized spacial score (nSPS) is 10.3. The summed E-state index contributed by atoms with van der Waals surface area (Å²) in [6.07, 6.45) is 0. The minimum absolute atomic E-state index is 0.190. The van der Waals surface area contributed by atoms with Crippen LogP contribution in [0.3, 0.4) is 0 Å². The van der Waals surface area contributed by atoms with E-state index in [9.17, 15) is 9.90 Å². The van der Waals surface area contributed by atoms with Gasteiger partial charge in [0.05, 0.1) is 25.5 Å². The summed E-state index contributed by atoms with van der Waals surface area (Å²) in [5.74, 6) is 0.874. The van der Waals surface area contributed by atoms with Gasteiger partial charge in [0.25, 0.3) is 0 Å². The molecule has 0 atom stereocenters. The third-order valence-electron chi connectivity index (χ3n) is 4.39. The third-order valence-corrected chi connectivity index (χ3v) is 4.39. The third kappa shape index (κ3) is 5.19. The van der Waals surface area contributed by atoms with Gasteiger partial charge in [-0.3, -0.25) is 0 Å². The summed E-state index contributed by atoms with van der Waals surface area (Å²) in [4.78, 5) is 11.2. The van der Waals surface area contributed by atoms with Crippen LogP contribution < -0.4 is 19.5 Å². The standard InChI is InChI=1S/C23H23NO5/c1-27-20-11-9-18(23(25)26)13-19(20)24-14-17-8-10-21(22(12-17)28-2)29-15-16-6-4-3-5-7-16/h3-13,24H,14-15H2,1-2H3,(H,25,26). The van der Waals surface area contributed by atoms with Crippen molar-refractivity contribution < 1.29 is 24.1 Å². The lowest BCUT2D eigenvalue weighted by atomic mass is 10.1. The second-order valence-corrected chi connectivity index (χ2v) is 6.33. The lowest BCUT2D eigenvalue weighted by molar-refractivity contribution is 0.0697. The summed E-state index contributed by atoms with van der Waals surface area (Å²) in [7, 11) is 3.14. The minimum atomic E-state index is -0.989. The number of carbonyl (C=O) groups is 1. The van der Waals surface area contributed by atoms with Gasteiger partial charge in [-0.2, -0.15) is 0 Å². The lowest BCUT2D eigenvalue weighted by Gasteiger charge is -2.14. The molecule has 0 amide bonds. The Morgan fingerprint density at radius 1 is 0.862 bits per heavy atom. The van der Waals surface area contributed by atoms with Crippen molar-refractivity contribution in [3.63, 3.8) is 0 Å². The van der Waals surface area contributed by atoms with Crippen LogP contribution in [-0.4, -0.2) is 25.3 Å². The van der Waals surface area contributed by atoms with Crippen molar-refractivity contribution in [1.82, 2.24) is 0 Å². The van der Waals surface area contributed by atoms with Crippen LogP contribution >= 0.6 is 0 Å². The second-order valence-electron chi connectivity index (χ2n) is 6.33. The smallest absolute Gasteiger partial charge is 0.335 e. The molecule has 0 radical (unpaired) electrons. The fourth-order valence-corrected chi connectivity index (χ4v) is 2.85. The molecule has 0 aliphatic carbocycles. The Labute approximate surface area is 169 Å². The fourth-order valence-electron chi connectivity index (χ4n) is 2.85. The summed E-state index contributed by atoms with van der Waals surface area (Å²) in [5.41, 5.74) is 2.83. The van der Waals surface area contributed by atoms with Crippen LogP contribution in [0.15, 0.2) is 66.7 Å². The Morgan fingerprint density at radius 2 is 1.59 bits per heavy atom. The largest absolute Gasteiger partial charge is 0.495 e. The molecule has 29 heavy (non-hydrogen) atoms. The first kappa shape index (κ1) is 20.1. The Balaban J connectivity index is 1.70. The van der Waals surface area contributed by atoms with Gasteiger partial charge in [-0.05, 0) is 41.5 Å². The van der Waals surface area contributed by atoms with Gasteiger partial charge in [0.2, 0.25) is 0 Å². The molecule has 0 unspecified atom stereocenters. The van der Waals surface area contributed by atoms with Crippen molar-refractivity contribution in [2.24, 2.45) is 0 Å². The number of nitrogens with one attached hydrogen (secondary N) is 1. The van der Waals surface area contributed by atoms with Crippen LogP contribution in [0.4, 0.5) is 5.69 Å². The van der Waals surface area contributed by atoms with Crippen molar-refractivity contribution in [1.29, 1.82) is 0 Å². The summed E-state index contributed by atoms with van der Waals surface area (Å²) in [6, 6.07) is 20.3. The highest BCUT2D eigenvalue weighted by Gasteiger charge is 2.10. The molecule has 0 saturated carbocycles. The summed E-state index contributed by atoms with van der Waals surface area (Å²) in [6.45, 7) is 0.919. The number of ether oxygens (including phenoxy) is 3. The maximum atomic E-state index is 11.2. The van der Waals surface area contributed by atoms with Gasteiger partial charge < -0.3 is 24.6 Å². The van der Waals surface area contributed by atoms with Crippen LogP contribution in [0.25, 0.3) is 0 Å².